The average molecular weight is 221 g/mol. The Morgan fingerprint density at radius 2 is 2.19 bits per heavy atom. The van der Waals surface area contributed by atoms with Gasteiger partial charge in [0.25, 0.3) is 5.91 Å². The number of hydrogen-bond donors (Lipinski definition) is 2. The standard InChI is InChI=1S/C12H19N3O/c1-8-10(6-5-7-14-8)11(16)15-12(3,4)9(2)13/h5-7,9H,13H2,1-4H3,(H,15,16). The molecule has 0 bridgehead atoms. The van der Waals surface area contributed by atoms with Gasteiger partial charge in [0.2, 0.25) is 0 Å². The molecule has 1 amide bonds. The molecule has 3 N–H and O–H groups in total. The van der Waals surface area contributed by atoms with E-state index in [0.717, 1.165) is 5.69 Å². The summed E-state index contributed by atoms with van der Waals surface area (Å²) in [7, 11) is 0. The Bertz CT molecular complexity index is 386. The quantitative estimate of drug-likeness (QED) is 0.807. The Hall–Kier alpha value is -1.42. The van der Waals surface area contributed by atoms with Crippen LogP contribution in [0.5, 0.6) is 0 Å². The van der Waals surface area contributed by atoms with Crippen molar-refractivity contribution < 1.29 is 4.79 Å². The van der Waals surface area contributed by atoms with E-state index in [4.69, 9.17) is 5.73 Å². The Balaban J connectivity index is 2.85. The second-order valence-electron chi connectivity index (χ2n) is 4.60. The van der Waals surface area contributed by atoms with Crippen LogP contribution in [0.4, 0.5) is 0 Å². The molecule has 4 heteroatoms. The number of hydrogen-bond acceptors (Lipinski definition) is 3. The molecule has 0 fully saturated rings. The summed E-state index contributed by atoms with van der Waals surface area (Å²) < 4.78 is 0. The molecule has 0 aromatic carbocycles. The lowest BCUT2D eigenvalue weighted by Gasteiger charge is -2.30. The molecular weight excluding hydrogens is 202 g/mol. The number of aromatic nitrogens is 1. The molecule has 0 spiro atoms. The average Bonchev–Trinajstić information content (AvgIpc) is 2.17. The molecule has 0 aliphatic rings. The van der Waals surface area contributed by atoms with E-state index in [0.29, 0.717) is 5.56 Å². The lowest BCUT2D eigenvalue weighted by atomic mass is 9.96. The summed E-state index contributed by atoms with van der Waals surface area (Å²) in [4.78, 5) is 16.1. The number of rotatable bonds is 3. The van der Waals surface area contributed by atoms with Gasteiger partial charge in [0, 0.05) is 23.5 Å². The van der Waals surface area contributed by atoms with E-state index in [1.165, 1.54) is 0 Å². The summed E-state index contributed by atoms with van der Waals surface area (Å²) in [6.45, 7) is 7.49. The van der Waals surface area contributed by atoms with Crippen molar-refractivity contribution in [2.24, 2.45) is 5.73 Å². The Kier molecular flexibility index (Phi) is 3.65. The van der Waals surface area contributed by atoms with Gasteiger partial charge in [0.15, 0.2) is 0 Å². The van der Waals surface area contributed by atoms with Gasteiger partial charge >= 0.3 is 0 Å². The van der Waals surface area contributed by atoms with Crippen molar-refractivity contribution in [2.75, 3.05) is 0 Å². The van der Waals surface area contributed by atoms with Crippen molar-refractivity contribution in [1.29, 1.82) is 0 Å². The fourth-order valence-electron chi connectivity index (χ4n) is 1.20. The van der Waals surface area contributed by atoms with E-state index in [1.54, 1.807) is 18.3 Å². The molecule has 1 aromatic heterocycles. The van der Waals surface area contributed by atoms with E-state index in [9.17, 15) is 4.79 Å². The third-order valence-corrected chi connectivity index (χ3v) is 2.83. The first-order chi connectivity index (χ1) is 7.34. The monoisotopic (exact) mass is 221 g/mol. The van der Waals surface area contributed by atoms with Gasteiger partial charge in [0.05, 0.1) is 5.56 Å². The molecule has 4 nitrogen and oxygen atoms in total. The molecule has 16 heavy (non-hydrogen) atoms. The molecule has 0 saturated carbocycles. The second kappa shape index (κ2) is 4.61. The number of pyridine rings is 1. The highest BCUT2D eigenvalue weighted by molar-refractivity contribution is 5.95. The first-order valence-electron chi connectivity index (χ1n) is 5.34. The molecule has 1 aromatic rings. The molecule has 0 radical (unpaired) electrons. The second-order valence-corrected chi connectivity index (χ2v) is 4.60. The van der Waals surface area contributed by atoms with Crippen molar-refractivity contribution in [3.8, 4) is 0 Å². The fraction of sp³-hybridized carbons (Fsp3) is 0.500. The van der Waals surface area contributed by atoms with Crippen LogP contribution in [0.3, 0.4) is 0 Å². The SMILES string of the molecule is Cc1ncccc1C(=O)NC(C)(C)C(C)N. The van der Waals surface area contributed by atoms with Gasteiger partial charge in [-0.15, -0.1) is 0 Å². The van der Waals surface area contributed by atoms with Crippen LogP contribution in [0.1, 0.15) is 36.8 Å². The van der Waals surface area contributed by atoms with Crippen LogP contribution in [0.25, 0.3) is 0 Å². The number of nitrogens with one attached hydrogen (secondary N) is 1. The van der Waals surface area contributed by atoms with Gasteiger partial charge in [-0.2, -0.15) is 0 Å². The lowest BCUT2D eigenvalue weighted by Crippen LogP contribution is -2.54. The topological polar surface area (TPSA) is 68.0 Å². The number of aryl methyl sites for hydroxylation is 1. The maximum Gasteiger partial charge on any atom is 0.253 e. The van der Waals surface area contributed by atoms with E-state index in [1.807, 2.05) is 27.7 Å². The third-order valence-electron chi connectivity index (χ3n) is 2.83. The Labute approximate surface area is 96.3 Å². The van der Waals surface area contributed by atoms with Gasteiger partial charge < -0.3 is 11.1 Å². The van der Waals surface area contributed by atoms with Gasteiger partial charge in [-0.3, -0.25) is 9.78 Å². The van der Waals surface area contributed by atoms with Crippen LogP contribution in [-0.4, -0.2) is 22.5 Å². The van der Waals surface area contributed by atoms with Crippen molar-refractivity contribution in [1.82, 2.24) is 10.3 Å². The highest BCUT2D eigenvalue weighted by Gasteiger charge is 2.25. The summed E-state index contributed by atoms with van der Waals surface area (Å²) in [6.07, 6.45) is 1.67. The summed E-state index contributed by atoms with van der Waals surface area (Å²) in [6, 6.07) is 3.39. The van der Waals surface area contributed by atoms with E-state index < -0.39 is 5.54 Å². The molecule has 0 aliphatic carbocycles. The van der Waals surface area contributed by atoms with Crippen molar-refractivity contribution in [3.05, 3.63) is 29.6 Å². The van der Waals surface area contributed by atoms with Crippen LogP contribution in [0.2, 0.25) is 0 Å². The van der Waals surface area contributed by atoms with E-state index in [-0.39, 0.29) is 11.9 Å². The van der Waals surface area contributed by atoms with Crippen LogP contribution < -0.4 is 11.1 Å². The maximum absolute atomic E-state index is 12.0. The summed E-state index contributed by atoms with van der Waals surface area (Å²) in [5, 5.41) is 2.91. The first kappa shape index (κ1) is 12.6. The minimum atomic E-state index is -0.431. The third kappa shape index (κ3) is 2.79. The van der Waals surface area contributed by atoms with Crippen LogP contribution >= 0.6 is 0 Å². The number of carbonyl (C=O) groups is 1. The predicted octanol–water partition coefficient (Wildman–Crippen LogP) is 1.25. The highest BCUT2D eigenvalue weighted by Crippen LogP contribution is 2.10. The molecule has 0 aliphatic heterocycles. The zero-order chi connectivity index (χ0) is 12.3. The number of nitrogens with two attached hydrogens (primary N) is 1. The smallest absolute Gasteiger partial charge is 0.253 e. The molecule has 1 unspecified atom stereocenters. The molecule has 1 heterocycles. The van der Waals surface area contributed by atoms with E-state index in [2.05, 4.69) is 10.3 Å². The minimum Gasteiger partial charge on any atom is -0.346 e. The van der Waals surface area contributed by atoms with E-state index >= 15 is 0 Å². The zero-order valence-electron chi connectivity index (χ0n) is 10.2. The number of nitrogens with zero attached hydrogens (tertiary/aromatic N) is 1. The van der Waals surface area contributed by atoms with Crippen molar-refractivity contribution in [2.45, 2.75) is 39.3 Å². The highest BCUT2D eigenvalue weighted by atomic mass is 16.1. The van der Waals surface area contributed by atoms with Crippen LogP contribution in [-0.2, 0) is 0 Å². The largest absolute Gasteiger partial charge is 0.346 e. The van der Waals surface area contributed by atoms with Crippen molar-refractivity contribution >= 4 is 5.91 Å². The summed E-state index contributed by atoms with van der Waals surface area (Å²) >= 11 is 0. The van der Waals surface area contributed by atoms with Crippen LogP contribution in [0.15, 0.2) is 18.3 Å². The molecule has 88 valence electrons. The normalized spacial score (nSPS) is 13.3. The maximum atomic E-state index is 12.0. The first-order valence-corrected chi connectivity index (χ1v) is 5.34. The minimum absolute atomic E-state index is 0.117. The van der Waals surface area contributed by atoms with Gasteiger partial charge in [0.1, 0.15) is 0 Å². The van der Waals surface area contributed by atoms with Gasteiger partial charge in [-0.1, -0.05) is 0 Å². The van der Waals surface area contributed by atoms with Crippen LogP contribution in [0, 0.1) is 6.92 Å². The number of amides is 1. The van der Waals surface area contributed by atoms with Gasteiger partial charge in [-0.05, 0) is 39.8 Å². The molecule has 1 rings (SSSR count). The van der Waals surface area contributed by atoms with Crippen molar-refractivity contribution in [3.63, 3.8) is 0 Å². The molecular formula is C12H19N3O. The summed E-state index contributed by atoms with van der Waals surface area (Å²) in [5.74, 6) is -0.132. The molecule has 0 saturated heterocycles. The Morgan fingerprint density at radius 1 is 1.56 bits per heavy atom. The molecule has 1 atom stereocenters. The predicted molar refractivity (Wildman–Crippen MR) is 64.2 cm³/mol. The Morgan fingerprint density at radius 3 is 2.69 bits per heavy atom. The fourth-order valence-corrected chi connectivity index (χ4v) is 1.20. The number of carbonyl (C=O) groups excluding carboxylic acids is 1. The summed E-state index contributed by atoms with van der Waals surface area (Å²) in [5.41, 5.74) is 6.69. The van der Waals surface area contributed by atoms with Gasteiger partial charge in [-0.25, -0.2) is 0 Å². The zero-order valence-corrected chi connectivity index (χ0v) is 10.2. The lowest BCUT2D eigenvalue weighted by molar-refractivity contribution is 0.0902.